The molecule has 0 saturated heterocycles. The maximum absolute atomic E-state index is 8.87. The molecular formula is C20H25N3O. The van der Waals surface area contributed by atoms with E-state index in [0.717, 1.165) is 24.0 Å². The topological polar surface area (TPSA) is 85.1 Å². The van der Waals surface area contributed by atoms with Crippen LogP contribution in [0, 0.1) is 11.3 Å². The van der Waals surface area contributed by atoms with E-state index in [-0.39, 0.29) is 0 Å². The molecule has 0 unspecified atom stereocenters. The molecule has 0 atom stereocenters. The Hall–Kier alpha value is -2.67. The number of hydrogen-bond acceptors (Lipinski definition) is 4. The molecule has 126 valence electrons. The van der Waals surface area contributed by atoms with E-state index in [9.17, 15) is 0 Å². The number of anilines is 2. The second-order valence-electron chi connectivity index (χ2n) is 5.94. The lowest BCUT2D eigenvalue weighted by atomic mass is 10.0. The van der Waals surface area contributed by atoms with E-state index in [4.69, 9.17) is 21.5 Å². The summed E-state index contributed by atoms with van der Waals surface area (Å²) < 4.78 is 5.78. The predicted molar refractivity (Wildman–Crippen MR) is 99.7 cm³/mol. The van der Waals surface area contributed by atoms with Crippen LogP contribution in [0.1, 0.15) is 44.6 Å². The minimum absolute atomic E-state index is 0.544. The van der Waals surface area contributed by atoms with Crippen molar-refractivity contribution >= 4 is 11.4 Å². The molecule has 0 aliphatic carbocycles. The molecule has 0 heterocycles. The molecule has 0 spiro atoms. The zero-order valence-electron chi connectivity index (χ0n) is 14.2. The molecule has 24 heavy (non-hydrogen) atoms. The van der Waals surface area contributed by atoms with Gasteiger partial charge < -0.3 is 16.2 Å². The van der Waals surface area contributed by atoms with Gasteiger partial charge in [0.1, 0.15) is 0 Å². The Bertz CT molecular complexity index is 679. The lowest BCUT2D eigenvalue weighted by Gasteiger charge is -2.14. The van der Waals surface area contributed by atoms with E-state index in [1.54, 1.807) is 12.1 Å². The zero-order valence-corrected chi connectivity index (χ0v) is 14.2. The SMILES string of the molecule is CCCCCCCOc1c(N)cc(-c2ccc(C#N)cc2)cc1N. The summed E-state index contributed by atoms with van der Waals surface area (Å²) >= 11 is 0. The summed E-state index contributed by atoms with van der Waals surface area (Å²) in [6.45, 7) is 2.83. The molecule has 0 aliphatic rings. The van der Waals surface area contributed by atoms with Gasteiger partial charge in [-0.1, -0.05) is 44.7 Å². The van der Waals surface area contributed by atoms with Crippen LogP contribution in [0.25, 0.3) is 11.1 Å². The number of benzene rings is 2. The molecule has 0 amide bonds. The Morgan fingerprint density at radius 1 is 0.917 bits per heavy atom. The second kappa shape index (κ2) is 8.83. The van der Waals surface area contributed by atoms with Gasteiger partial charge in [-0.15, -0.1) is 0 Å². The van der Waals surface area contributed by atoms with Crippen molar-refractivity contribution in [2.45, 2.75) is 39.0 Å². The molecule has 0 fully saturated rings. The standard InChI is InChI=1S/C20H25N3O/c1-2-3-4-5-6-11-24-20-18(22)12-17(13-19(20)23)16-9-7-15(14-21)8-10-16/h7-10,12-13H,2-6,11,22-23H2,1H3. The van der Waals surface area contributed by atoms with Gasteiger partial charge >= 0.3 is 0 Å². The summed E-state index contributed by atoms with van der Waals surface area (Å²) in [6.07, 6.45) is 5.91. The van der Waals surface area contributed by atoms with Gasteiger partial charge in [-0.05, 0) is 41.8 Å². The highest BCUT2D eigenvalue weighted by Gasteiger charge is 2.09. The fourth-order valence-corrected chi connectivity index (χ4v) is 2.62. The van der Waals surface area contributed by atoms with E-state index >= 15 is 0 Å². The molecule has 2 aromatic carbocycles. The number of nitrogens with zero attached hydrogens (tertiary/aromatic N) is 1. The first-order chi connectivity index (χ1) is 11.7. The predicted octanol–water partition coefficient (Wildman–Crippen LogP) is 4.74. The third-order valence-electron chi connectivity index (χ3n) is 3.99. The summed E-state index contributed by atoms with van der Waals surface area (Å²) in [7, 11) is 0. The summed E-state index contributed by atoms with van der Waals surface area (Å²) in [5.74, 6) is 0.572. The maximum Gasteiger partial charge on any atom is 0.165 e. The van der Waals surface area contributed by atoms with Crippen LogP contribution in [-0.2, 0) is 0 Å². The Kier molecular flexibility index (Phi) is 6.51. The van der Waals surface area contributed by atoms with Crippen LogP contribution in [0.15, 0.2) is 36.4 Å². The van der Waals surface area contributed by atoms with Crippen LogP contribution in [0.5, 0.6) is 5.75 Å². The number of nitriles is 1. The smallest absolute Gasteiger partial charge is 0.165 e. The van der Waals surface area contributed by atoms with Crippen molar-refractivity contribution in [2.75, 3.05) is 18.1 Å². The van der Waals surface area contributed by atoms with E-state index in [1.807, 2.05) is 24.3 Å². The van der Waals surface area contributed by atoms with Crippen LogP contribution in [0.3, 0.4) is 0 Å². The van der Waals surface area contributed by atoms with E-state index < -0.39 is 0 Å². The van der Waals surface area contributed by atoms with Crippen LogP contribution in [-0.4, -0.2) is 6.61 Å². The highest BCUT2D eigenvalue weighted by atomic mass is 16.5. The highest BCUT2D eigenvalue weighted by Crippen LogP contribution is 2.35. The van der Waals surface area contributed by atoms with Crippen LogP contribution in [0.4, 0.5) is 11.4 Å². The lowest BCUT2D eigenvalue weighted by Crippen LogP contribution is -2.04. The Morgan fingerprint density at radius 2 is 1.54 bits per heavy atom. The number of unbranched alkanes of at least 4 members (excludes halogenated alkanes) is 4. The monoisotopic (exact) mass is 323 g/mol. The third-order valence-corrected chi connectivity index (χ3v) is 3.99. The fraction of sp³-hybridized carbons (Fsp3) is 0.350. The zero-order chi connectivity index (χ0) is 17.4. The minimum atomic E-state index is 0.544. The third kappa shape index (κ3) is 4.66. The number of rotatable bonds is 8. The molecule has 4 heteroatoms. The van der Waals surface area contributed by atoms with Crippen molar-refractivity contribution in [3.8, 4) is 22.9 Å². The normalized spacial score (nSPS) is 10.3. The quantitative estimate of drug-likeness (QED) is 0.543. The number of hydrogen-bond donors (Lipinski definition) is 2. The average Bonchev–Trinajstić information content (AvgIpc) is 2.59. The average molecular weight is 323 g/mol. The largest absolute Gasteiger partial charge is 0.489 e. The molecule has 0 aliphatic heterocycles. The van der Waals surface area contributed by atoms with Crippen molar-refractivity contribution in [3.05, 3.63) is 42.0 Å². The van der Waals surface area contributed by atoms with Crippen molar-refractivity contribution in [1.82, 2.24) is 0 Å². The van der Waals surface area contributed by atoms with Crippen LogP contribution >= 0.6 is 0 Å². The first-order valence-electron chi connectivity index (χ1n) is 8.48. The van der Waals surface area contributed by atoms with Crippen molar-refractivity contribution < 1.29 is 4.74 Å². The lowest BCUT2D eigenvalue weighted by molar-refractivity contribution is 0.307. The van der Waals surface area contributed by atoms with E-state index in [2.05, 4.69) is 13.0 Å². The van der Waals surface area contributed by atoms with Crippen LogP contribution < -0.4 is 16.2 Å². The first kappa shape index (κ1) is 17.7. The van der Waals surface area contributed by atoms with Crippen molar-refractivity contribution in [2.24, 2.45) is 0 Å². The Morgan fingerprint density at radius 3 is 2.12 bits per heavy atom. The van der Waals surface area contributed by atoms with Crippen LogP contribution in [0.2, 0.25) is 0 Å². The van der Waals surface area contributed by atoms with E-state index in [0.29, 0.717) is 29.3 Å². The molecule has 2 rings (SSSR count). The highest BCUT2D eigenvalue weighted by molar-refractivity contribution is 5.78. The van der Waals surface area contributed by atoms with Crippen molar-refractivity contribution in [1.29, 1.82) is 5.26 Å². The van der Waals surface area contributed by atoms with Gasteiger partial charge in [0, 0.05) is 0 Å². The first-order valence-corrected chi connectivity index (χ1v) is 8.48. The van der Waals surface area contributed by atoms with Gasteiger partial charge in [0.05, 0.1) is 29.6 Å². The molecule has 0 aromatic heterocycles. The Balaban J connectivity index is 2.03. The van der Waals surface area contributed by atoms with Gasteiger partial charge in [-0.3, -0.25) is 0 Å². The second-order valence-corrected chi connectivity index (χ2v) is 5.94. The van der Waals surface area contributed by atoms with Gasteiger partial charge in [0.25, 0.3) is 0 Å². The fourth-order valence-electron chi connectivity index (χ4n) is 2.62. The molecule has 0 saturated carbocycles. The molecule has 4 N–H and O–H groups in total. The number of nitrogens with two attached hydrogens (primary N) is 2. The van der Waals surface area contributed by atoms with E-state index in [1.165, 1.54) is 19.3 Å². The number of nitrogen functional groups attached to an aromatic ring is 2. The van der Waals surface area contributed by atoms with Gasteiger partial charge in [0.2, 0.25) is 0 Å². The van der Waals surface area contributed by atoms with Crippen molar-refractivity contribution in [3.63, 3.8) is 0 Å². The Labute approximate surface area is 144 Å². The molecular weight excluding hydrogens is 298 g/mol. The summed E-state index contributed by atoms with van der Waals surface area (Å²) in [5, 5.41) is 8.87. The molecule has 0 radical (unpaired) electrons. The van der Waals surface area contributed by atoms with Gasteiger partial charge in [-0.2, -0.15) is 5.26 Å². The summed E-state index contributed by atoms with van der Waals surface area (Å²) in [6, 6.07) is 13.2. The maximum atomic E-state index is 8.87. The molecule has 4 nitrogen and oxygen atoms in total. The molecule has 2 aromatic rings. The number of ether oxygens (including phenoxy) is 1. The summed E-state index contributed by atoms with van der Waals surface area (Å²) in [4.78, 5) is 0. The summed E-state index contributed by atoms with van der Waals surface area (Å²) in [5.41, 5.74) is 15.8. The molecule has 0 bridgehead atoms. The van der Waals surface area contributed by atoms with Gasteiger partial charge in [-0.25, -0.2) is 0 Å². The van der Waals surface area contributed by atoms with Gasteiger partial charge in [0.15, 0.2) is 5.75 Å². The minimum Gasteiger partial charge on any atom is -0.489 e.